The fraction of sp³-hybridized carbons (Fsp3) is 0.348. The molecule has 30 heavy (non-hydrogen) atoms. The van der Waals surface area contributed by atoms with Crippen LogP contribution in [0.5, 0.6) is 0 Å². The molecule has 2 aromatic carbocycles. The molecule has 0 saturated carbocycles. The van der Waals surface area contributed by atoms with Gasteiger partial charge in [0.15, 0.2) is 5.78 Å². The molecule has 0 aromatic heterocycles. The number of anilines is 1. The molecule has 0 bridgehead atoms. The number of nitro groups is 1. The first-order chi connectivity index (χ1) is 14.0. The Morgan fingerprint density at radius 2 is 1.73 bits per heavy atom. The summed E-state index contributed by atoms with van der Waals surface area (Å²) < 4.78 is 0. The Morgan fingerprint density at radius 3 is 2.37 bits per heavy atom. The molecule has 2 aromatic rings. The highest BCUT2D eigenvalue weighted by Crippen LogP contribution is 2.30. The van der Waals surface area contributed by atoms with Gasteiger partial charge in [0.25, 0.3) is 5.69 Å². The summed E-state index contributed by atoms with van der Waals surface area (Å²) in [5.74, 6) is 0.0620. The lowest BCUT2D eigenvalue weighted by Gasteiger charge is -2.36. The van der Waals surface area contributed by atoms with Crippen LogP contribution in [-0.2, 0) is 6.42 Å². The highest BCUT2D eigenvalue weighted by atomic mass is 35.5. The summed E-state index contributed by atoms with van der Waals surface area (Å²) in [5.41, 5.74) is 4.73. The van der Waals surface area contributed by atoms with Gasteiger partial charge < -0.3 is 9.80 Å². The molecule has 7 heteroatoms. The molecule has 0 N–H and O–H groups in total. The Bertz CT molecular complexity index is 964. The van der Waals surface area contributed by atoms with Gasteiger partial charge in [-0.1, -0.05) is 6.92 Å². The first-order valence-electron chi connectivity index (χ1n) is 10.1. The zero-order valence-corrected chi connectivity index (χ0v) is 17.9. The van der Waals surface area contributed by atoms with Crippen LogP contribution in [0.4, 0.5) is 11.4 Å². The average molecular weight is 428 g/mol. The van der Waals surface area contributed by atoms with Crippen LogP contribution in [0.2, 0.25) is 0 Å². The SMILES string of the molecule is CCN1CCN(c2ccc3c(c2)CC/C(=C\c2ccc([N+](=O)[O-])cc2)C3=O)CC1.Cl. The van der Waals surface area contributed by atoms with Crippen molar-refractivity contribution in [1.29, 1.82) is 0 Å². The minimum Gasteiger partial charge on any atom is -0.369 e. The number of aryl methyl sites for hydroxylation is 1. The van der Waals surface area contributed by atoms with Gasteiger partial charge in [-0.15, -0.1) is 12.4 Å². The maximum atomic E-state index is 13.0. The fourth-order valence-corrected chi connectivity index (χ4v) is 4.11. The number of benzene rings is 2. The summed E-state index contributed by atoms with van der Waals surface area (Å²) in [6.07, 6.45) is 3.38. The Balaban J connectivity index is 0.00000256. The third-order valence-electron chi connectivity index (χ3n) is 5.92. The maximum absolute atomic E-state index is 13.0. The summed E-state index contributed by atoms with van der Waals surface area (Å²) in [7, 11) is 0. The van der Waals surface area contributed by atoms with Crippen LogP contribution >= 0.6 is 12.4 Å². The van der Waals surface area contributed by atoms with E-state index in [1.165, 1.54) is 17.8 Å². The Labute approximate surface area is 182 Å². The van der Waals surface area contributed by atoms with Crippen LogP contribution < -0.4 is 4.90 Å². The number of likely N-dealkylation sites (N-methyl/N-ethyl adjacent to an activating group) is 1. The van der Waals surface area contributed by atoms with Crippen LogP contribution in [0.25, 0.3) is 6.08 Å². The number of ketones is 1. The fourth-order valence-electron chi connectivity index (χ4n) is 4.11. The molecule has 6 nitrogen and oxygen atoms in total. The van der Waals surface area contributed by atoms with E-state index in [4.69, 9.17) is 0 Å². The number of fused-ring (bicyclic) bond motifs is 1. The van der Waals surface area contributed by atoms with Crippen molar-refractivity contribution < 1.29 is 9.72 Å². The quantitative estimate of drug-likeness (QED) is 0.411. The maximum Gasteiger partial charge on any atom is 0.269 e. The average Bonchev–Trinajstić information content (AvgIpc) is 2.76. The first-order valence-corrected chi connectivity index (χ1v) is 10.1. The first kappa shape index (κ1) is 22.0. The zero-order valence-electron chi connectivity index (χ0n) is 17.0. The van der Waals surface area contributed by atoms with Crippen LogP contribution in [-0.4, -0.2) is 48.3 Å². The van der Waals surface area contributed by atoms with Gasteiger partial charge in [-0.25, -0.2) is 0 Å². The third kappa shape index (κ3) is 4.55. The van der Waals surface area contributed by atoms with E-state index >= 15 is 0 Å². The summed E-state index contributed by atoms with van der Waals surface area (Å²) in [6.45, 7) is 7.49. The van der Waals surface area contributed by atoms with E-state index in [9.17, 15) is 14.9 Å². The van der Waals surface area contributed by atoms with Crippen LogP contribution in [0.3, 0.4) is 0 Å². The van der Waals surface area contributed by atoms with Gasteiger partial charge in [0.1, 0.15) is 0 Å². The molecule has 1 aliphatic carbocycles. The number of rotatable bonds is 4. The van der Waals surface area contributed by atoms with E-state index in [2.05, 4.69) is 28.9 Å². The lowest BCUT2D eigenvalue weighted by molar-refractivity contribution is -0.384. The molecule has 2 aliphatic rings. The van der Waals surface area contributed by atoms with Gasteiger partial charge in [0.05, 0.1) is 4.92 Å². The van der Waals surface area contributed by atoms with Gasteiger partial charge in [-0.2, -0.15) is 0 Å². The van der Waals surface area contributed by atoms with Crippen molar-refractivity contribution in [2.45, 2.75) is 19.8 Å². The number of nitrogens with zero attached hydrogens (tertiary/aromatic N) is 3. The van der Waals surface area contributed by atoms with E-state index in [1.54, 1.807) is 12.1 Å². The number of nitro benzene ring substituents is 1. The number of halogens is 1. The van der Waals surface area contributed by atoms with Crippen molar-refractivity contribution in [3.8, 4) is 0 Å². The van der Waals surface area contributed by atoms with Gasteiger partial charge in [0, 0.05) is 55.1 Å². The second-order valence-corrected chi connectivity index (χ2v) is 7.61. The van der Waals surface area contributed by atoms with Crippen molar-refractivity contribution in [3.63, 3.8) is 0 Å². The highest BCUT2D eigenvalue weighted by Gasteiger charge is 2.24. The number of carbonyl (C=O) groups excluding carboxylic acids is 1. The molecule has 1 saturated heterocycles. The number of carbonyl (C=O) groups is 1. The van der Waals surface area contributed by atoms with Crippen molar-refractivity contribution in [2.75, 3.05) is 37.6 Å². The van der Waals surface area contributed by atoms with Crippen molar-refractivity contribution in [2.24, 2.45) is 0 Å². The summed E-state index contributed by atoms with van der Waals surface area (Å²) >= 11 is 0. The van der Waals surface area contributed by atoms with Gasteiger partial charge >= 0.3 is 0 Å². The van der Waals surface area contributed by atoms with Gasteiger partial charge in [-0.05, 0) is 66.9 Å². The lowest BCUT2D eigenvalue weighted by Crippen LogP contribution is -2.46. The van der Waals surface area contributed by atoms with E-state index in [0.29, 0.717) is 6.42 Å². The minimum atomic E-state index is -0.418. The molecular weight excluding hydrogens is 402 g/mol. The largest absolute Gasteiger partial charge is 0.369 e. The number of Topliss-reactive ketones (excluding diaryl/α,β-unsaturated/α-hetero) is 1. The predicted molar refractivity (Wildman–Crippen MR) is 122 cm³/mol. The van der Waals surface area contributed by atoms with E-state index in [1.807, 2.05) is 12.1 Å². The number of allylic oxidation sites excluding steroid dienone is 1. The number of hydrogen-bond donors (Lipinski definition) is 0. The molecule has 1 aliphatic heterocycles. The van der Waals surface area contributed by atoms with Crippen LogP contribution in [0.1, 0.15) is 34.8 Å². The molecule has 4 rings (SSSR count). The van der Waals surface area contributed by atoms with E-state index in [0.717, 1.165) is 61.4 Å². The molecular formula is C23H26ClN3O3. The van der Waals surface area contributed by atoms with Crippen molar-refractivity contribution >= 4 is 35.6 Å². The minimum absolute atomic E-state index is 0. The predicted octanol–water partition coefficient (Wildman–Crippen LogP) is 4.37. The zero-order chi connectivity index (χ0) is 20.4. The van der Waals surface area contributed by atoms with Gasteiger partial charge in [-0.3, -0.25) is 14.9 Å². The molecule has 0 spiro atoms. The normalized spacial score (nSPS) is 18.1. The summed E-state index contributed by atoms with van der Waals surface area (Å²) in [4.78, 5) is 28.2. The topological polar surface area (TPSA) is 66.7 Å². The number of hydrogen-bond acceptors (Lipinski definition) is 5. The van der Waals surface area contributed by atoms with Crippen LogP contribution in [0.15, 0.2) is 48.0 Å². The molecule has 1 heterocycles. The van der Waals surface area contributed by atoms with Gasteiger partial charge in [0.2, 0.25) is 0 Å². The number of piperazine rings is 1. The van der Waals surface area contributed by atoms with E-state index < -0.39 is 4.92 Å². The Hall–Kier alpha value is -2.70. The molecule has 158 valence electrons. The van der Waals surface area contributed by atoms with Crippen molar-refractivity contribution in [1.82, 2.24) is 4.90 Å². The second kappa shape index (κ2) is 9.41. The van der Waals surface area contributed by atoms with Crippen molar-refractivity contribution in [3.05, 3.63) is 74.8 Å². The molecule has 0 atom stereocenters. The second-order valence-electron chi connectivity index (χ2n) is 7.61. The highest BCUT2D eigenvalue weighted by molar-refractivity contribution is 6.13. The molecule has 0 amide bonds. The Morgan fingerprint density at radius 1 is 1.03 bits per heavy atom. The standard InChI is InChI=1S/C23H25N3O3.ClH/c1-2-24-11-13-25(14-12-24)21-9-10-22-18(16-21)5-6-19(23(22)27)15-17-3-7-20(8-4-17)26(28)29;/h3-4,7-10,15-16H,2,5-6,11-14H2,1H3;1H/b19-15+;. The van der Waals surface area contributed by atoms with E-state index in [-0.39, 0.29) is 23.9 Å². The third-order valence-corrected chi connectivity index (χ3v) is 5.92. The summed E-state index contributed by atoms with van der Waals surface area (Å²) in [5, 5.41) is 10.8. The Kier molecular flexibility index (Phi) is 6.90. The summed E-state index contributed by atoms with van der Waals surface area (Å²) in [6, 6.07) is 12.5. The number of non-ortho nitro benzene ring substituents is 1. The molecule has 0 unspecified atom stereocenters. The smallest absolute Gasteiger partial charge is 0.269 e. The molecule has 1 fully saturated rings. The molecule has 0 radical (unpaired) electrons. The lowest BCUT2D eigenvalue weighted by atomic mass is 9.85. The monoisotopic (exact) mass is 427 g/mol. The van der Waals surface area contributed by atoms with Crippen LogP contribution in [0, 0.1) is 10.1 Å².